The van der Waals surface area contributed by atoms with E-state index in [4.69, 9.17) is 9.15 Å². The van der Waals surface area contributed by atoms with E-state index in [1.165, 1.54) is 5.56 Å². The second-order valence-electron chi connectivity index (χ2n) is 4.38. The van der Waals surface area contributed by atoms with Gasteiger partial charge in [0.2, 0.25) is 11.8 Å². The summed E-state index contributed by atoms with van der Waals surface area (Å²) >= 11 is 0. The van der Waals surface area contributed by atoms with Gasteiger partial charge in [0.25, 0.3) is 0 Å². The van der Waals surface area contributed by atoms with Crippen LogP contribution in [0, 0.1) is 0 Å². The van der Waals surface area contributed by atoms with Gasteiger partial charge >= 0.3 is 0 Å². The molecule has 1 aliphatic rings. The lowest BCUT2D eigenvalue weighted by molar-refractivity contribution is 0.357. The van der Waals surface area contributed by atoms with Crippen molar-refractivity contribution in [2.24, 2.45) is 0 Å². The summed E-state index contributed by atoms with van der Waals surface area (Å²) in [5.41, 5.74) is 2.15. The second kappa shape index (κ2) is 4.42. The first kappa shape index (κ1) is 11.2. The van der Waals surface area contributed by atoms with Crippen molar-refractivity contribution in [2.75, 3.05) is 13.7 Å². The van der Waals surface area contributed by atoms with E-state index in [0.717, 1.165) is 24.3 Å². The SMILES string of the molecule is CNC(C)c1nnc(-c2ccc3c(c2)CCO3)o1. The number of ether oxygens (including phenoxy) is 1. The predicted octanol–water partition coefficient (Wildman–Crippen LogP) is 1.95. The molecule has 1 aromatic heterocycles. The molecule has 0 saturated carbocycles. The summed E-state index contributed by atoms with van der Waals surface area (Å²) in [6.45, 7) is 2.73. The van der Waals surface area contributed by atoms with Gasteiger partial charge in [0, 0.05) is 12.0 Å². The molecule has 0 amide bonds. The molecule has 18 heavy (non-hydrogen) atoms. The van der Waals surface area contributed by atoms with Crippen LogP contribution >= 0.6 is 0 Å². The van der Waals surface area contributed by atoms with E-state index in [-0.39, 0.29) is 6.04 Å². The van der Waals surface area contributed by atoms with E-state index in [9.17, 15) is 0 Å². The average molecular weight is 245 g/mol. The summed E-state index contributed by atoms with van der Waals surface area (Å²) in [5.74, 6) is 2.12. The first-order valence-electron chi connectivity index (χ1n) is 6.04. The molecule has 0 fully saturated rings. The van der Waals surface area contributed by atoms with Crippen molar-refractivity contribution in [2.45, 2.75) is 19.4 Å². The number of nitrogens with one attached hydrogen (secondary N) is 1. The molecule has 3 rings (SSSR count). The molecule has 0 radical (unpaired) electrons. The van der Waals surface area contributed by atoms with Crippen LogP contribution in [0.5, 0.6) is 5.75 Å². The number of hydrogen-bond acceptors (Lipinski definition) is 5. The lowest BCUT2D eigenvalue weighted by Gasteiger charge is -2.03. The van der Waals surface area contributed by atoms with Crippen LogP contribution in [-0.4, -0.2) is 23.9 Å². The molecule has 5 heteroatoms. The predicted molar refractivity (Wildman–Crippen MR) is 66.4 cm³/mol. The third kappa shape index (κ3) is 1.86. The van der Waals surface area contributed by atoms with Crippen LogP contribution in [0.2, 0.25) is 0 Å². The van der Waals surface area contributed by atoms with E-state index in [1.54, 1.807) is 0 Å². The first-order valence-corrected chi connectivity index (χ1v) is 6.04. The molecule has 1 atom stereocenters. The van der Waals surface area contributed by atoms with E-state index < -0.39 is 0 Å². The Balaban J connectivity index is 1.92. The topological polar surface area (TPSA) is 60.2 Å². The minimum absolute atomic E-state index is 0.0593. The van der Waals surface area contributed by atoms with Gasteiger partial charge in [-0.3, -0.25) is 0 Å². The fourth-order valence-electron chi connectivity index (χ4n) is 1.97. The van der Waals surface area contributed by atoms with Crippen molar-refractivity contribution in [3.05, 3.63) is 29.7 Å². The Kier molecular flexibility index (Phi) is 2.76. The summed E-state index contributed by atoms with van der Waals surface area (Å²) in [4.78, 5) is 0. The van der Waals surface area contributed by atoms with Crippen molar-refractivity contribution < 1.29 is 9.15 Å². The van der Waals surface area contributed by atoms with Gasteiger partial charge in [-0.2, -0.15) is 0 Å². The average Bonchev–Trinajstić information content (AvgIpc) is 3.05. The van der Waals surface area contributed by atoms with Crippen LogP contribution in [0.1, 0.15) is 24.4 Å². The molecule has 1 aliphatic heterocycles. The lowest BCUT2D eigenvalue weighted by Crippen LogP contribution is -2.12. The van der Waals surface area contributed by atoms with E-state index >= 15 is 0 Å². The van der Waals surface area contributed by atoms with Gasteiger partial charge in [-0.25, -0.2) is 0 Å². The van der Waals surface area contributed by atoms with E-state index in [0.29, 0.717) is 11.8 Å². The summed E-state index contributed by atoms with van der Waals surface area (Å²) in [5, 5.41) is 11.2. The van der Waals surface area contributed by atoms with E-state index in [2.05, 4.69) is 21.6 Å². The molecule has 0 bridgehead atoms. The van der Waals surface area contributed by atoms with Gasteiger partial charge in [-0.15, -0.1) is 10.2 Å². The number of rotatable bonds is 3. The van der Waals surface area contributed by atoms with Gasteiger partial charge < -0.3 is 14.5 Å². The standard InChI is InChI=1S/C13H15N3O2/c1-8(14-2)12-15-16-13(18-12)10-3-4-11-9(7-10)5-6-17-11/h3-4,7-8,14H,5-6H2,1-2H3. The highest BCUT2D eigenvalue weighted by Crippen LogP contribution is 2.30. The van der Waals surface area contributed by atoms with Crippen LogP contribution in [0.4, 0.5) is 0 Å². The zero-order valence-electron chi connectivity index (χ0n) is 10.4. The fraction of sp³-hybridized carbons (Fsp3) is 0.385. The van der Waals surface area contributed by atoms with Crippen LogP contribution < -0.4 is 10.1 Å². The largest absolute Gasteiger partial charge is 0.493 e. The lowest BCUT2D eigenvalue weighted by atomic mass is 10.1. The molecule has 2 heterocycles. The van der Waals surface area contributed by atoms with Crippen LogP contribution in [0.3, 0.4) is 0 Å². The summed E-state index contributed by atoms with van der Waals surface area (Å²) in [6, 6.07) is 6.03. The van der Waals surface area contributed by atoms with Crippen LogP contribution in [-0.2, 0) is 6.42 Å². The summed E-state index contributed by atoms with van der Waals surface area (Å²) in [7, 11) is 1.86. The van der Waals surface area contributed by atoms with Crippen LogP contribution in [0.15, 0.2) is 22.6 Å². The third-order valence-electron chi connectivity index (χ3n) is 3.18. The molecule has 0 saturated heterocycles. The highest BCUT2D eigenvalue weighted by atomic mass is 16.5. The van der Waals surface area contributed by atoms with Crippen LogP contribution in [0.25, 0.3) is 11.5 Å². The molecule has 94 valence electrons. The normalized spacial score (nSPS) is 15.2. The zero-order valence-corrected chi connectivity index (χ0v) is 10.4. The molecular weight excluding hydrogens is 230 g/mol. The number of hydrogen-bond donors (Lipinski definition) is 1. The number of aromatic nitrogens is 2. The molecule has 1 N–H and O–H groups in total. The van der Waals surface area contributed by atoms with Gasteiger partial charge in [0.1, 0.15) is 5.75 Å². The fourth-order valence-corrected chi connectivity index (χ4v) is 1.97. The zero-order chi connectivity index (χ0) is 12.5. The summed E-state index contributed by atoms with van der Waals surface area (Å²) < 4.78 is 11.1. The maximum Gasteiger partial charge on any atom is 0.247 e. The van der Waals surface area contributed by atoms with Crippen molar-refractivity contribution in [1.82, 2.24) is 15.5 Å². The molecule has 2 aromatic rings. The minimum Gasteiger partial charge on any atom is -0.493 e. The quantitative estimate of drug-likeness (QED) is 0.895. The molecular formula is C13H15N3O2. The Bertz CT molecular complexity index is 565. The Labute approximate surface area is 105 Å². The number of fused-ring (bicyclic) bond motifs is 1. The third-order valence-corrected chi connectivity index (χ3v) is 3.18. The Morgan fingerprint density at radius 3 is 3.06 bits per heavy atom. The van der Waals surface area contributed by atoms with Crippen molar-refractivity contribution in [1.29, 1.82) is 0 Å². The van der Waals surface area contributed by atoms with Crippen molar-refractivity contribution in [3.8, 4) is 17.2 Å². The van der Waals surface area contributed by atoms with Gasteiger partial charge in [0.15, 0.2) is 0 Å². The minimum atomic E-state index is 0.0593. The van der Waals surface area contributed by atoms with Gasteiger partial charge in [0.05, 0.1) is 12.6 Å². The van der Waals surface area contributed by atoms with Crippen molar-refractivity contribution >= 4 is 0 Å². The molecule has 0 aliphatic carbocycles. The highest BCUT2D eigenvalue weighted by molar-refractivity contribution is 5.57. The number of nitrogens with zero attached hydrogens (tertiary/aromatic N) is 2. The highest BCUT2D eigenvalue weighted by Gasteiger charge is 2.17. The Morgan fingerprint density at radius 2 is 2.22 bits per heavy atom. The second-order valence-corrected chi connectivity index (χ2v) is 4.38. The molecule has 0 spiro atoms. The Hall–Kier alpha value is -1.88. The summed E-state index contributed by atoms with van der Waals surface area (Å²) in [6.07, 6.45) is 0.942. The van der Waals surface area contributed by atoms with Gasteiger partial charge in [-0.05, 0) is 37.7 Å². The number of benzene rings is 1. The van der Waals surface area contributed by atoms with Gasteiger partial charge in [-0.1, -0.05) is 0 Å². The Morgan fingerprint density at radius 1 is 1.33 bits per heavy atom. The monoisotopic (exact) mass is 245 g/mol. The van der Waals surface area contributed by atoms with Crippen molar-refractivity contribution in [3.63, 3.8) is 0 Å². The maximum atomic E-state index is 5.66. The molecule has 1 aromatic carbocycles. The smallest absolute Gasteiger partial charge is 0.247 e. The van der Waals surface area contributed by atoms with E-state index in [1.807, 2.05) is 26.1 Å². The molecule has 5 nitrogen and oxygen atoms in total. The molecule has 1 unspecified atom stereocenters. The maximum absolute atomic E-state index is 5.66. The first-order chi connectivity index (χ1) is 8.78.